The van der Waals surface area contributed by atoms with Gasteiger partial charge in [0.1, 0.15) is 11.5 Å². The van der Waals surface area contributed by atoms with Crippen molar-refractivity contribution in [3.8, 4) is 11.5 Å². The Morgan fingerprint density at radius 3 is 2.25 bits per heavy atom. The minimum Gasteiger partial charge on any atom is -0.496 e. The molecular weight excluding hydrogens is 278 g/mol. The summed E-state index contributed by atoms with van der Waals surface area (Å²) >= 11 is 6.08. The highest BCUT2D eigenvalue weighted by molar-refractivity contribution is 6.32. The van der Waals surface area contributed by atoms with Gasteiger partial charge in [-0.2, -0.15) is 0 Å². The third-order valence-electron chi connectivity index (χ3n) is 3.32. The summed E-state index contributed by atoms with van der Waals surface area (Å²) in [6, 6.07) is 3.26. The van der Waals surface area contributed by atoms with Gasteiger partial charge in [0.25, 0.3) is 0 Å². The van der Waals surface area contributed by atoms with Gasteiger partial charge in [0.15, 0.2) is 5.78 Å². The van der Waals surface area contributed by atoms with E-state index in [1.807, 2.05) is 0 Å². The van der Waals surface area contributed by atoms with Crippen LogP contribution in [0.5, 0.6) is 11.5 Å². The summed E-state index contributed by atoms with van der Waals surface area (Å²) in [6.45, 7) is 6.77. The molecule has 0 amide bonds. The molecule has 1 aromatic carbocycles. The van der Waals surface area contributed by atoms with Crippen LogP contribution in [0.25, 0.3) is 0 Å². The lowest BCUT2D eigenvalue weighted by Crippen LogP contribution is -2.25. The molecule has 5 heteroatoms. The van der Waals surface area contributed by atoms with Crippen LogP contribution in [0.15, 0.2) is 12.1 Å². The van der Waals surface area contributed by atoms with Gasteiger partial charge in [-0.25, -0.2) is 0 Å². The largest absolute Gasteiger partial charge is 0.496 e. The maximum atomic E-state index is 12.3. The first kappa shape index (κ1) is 16.8. The smallest absolute Gasteiger partial charge is 0.167 e. The lowest BCUT2D eigenvalue weighted by Gasteiger charge is -2.17. The van der Waals surface area contributed by atoms with Gasteiger partial charge in [-0.05, 0) is 19.2 Å². The van der Waals surface area contributed by atoms with Gasteiger partial charge < -0.3 is 14.4 Å². The summed E-state index contributed by atoms with van der Waals surface area (Å²) in [5.74, 6) is 1.03. The van der Waals surface area contributed by atoms with Crippen LogP contribution in [-0.2, 0) is 0 Å². The number of Topliss-reactive ketones (excluding diaryl/α,β-unsaturated/α-hetero) is 1. The number of ether oxygens (including phenoxy) is 2. The van der Waals surface area contributed by atoms with Crippen LogP contribution in [0.4, 0.5) is 0 Å². The van der Waals surface area contributed by atoms with Crippen LogP contribution in [0.3, 0.4) is 0 Å². The highest BCUT2D eigenvalue weighted by atomic mass is 35.5. The number of benzene rings is 1. The Hall–Kier alpha value is -1.26. The van der Waals surface area contributed by atoms with Crippen LogP contribution in [0, 0.1) is 0 Å². The van der Waals surface area contributed by atoms with Crippen molar-refractivity contribution in [3.05, 3.63) is 22.7 Å². The quantitative estimate of drug-likeness (QED) is 0.691. The fraction of sp³-hybridized carbons (Fsp3) is 0.533. The summed E-state index contributed by atoms with van der Waals surface area (Å²) < 4.78 is 10.4. The Morgan fingerprint density at radius 1 is 1.15 bits per heavy atom. The van der Waals surface area contributed by atoms with Gasteiger partial charge in [0.05, 0.1) is 24.8 Å². The van der Waals surface area contributed by atoms with Gasteiger partial charge in [0, 0.05) is 19.0 Å². The molecule has 0 saturated carbocycles. The average Bonchev–Trinajstić information content (AvgIpc) is 2.47. The van der Waals surface area contributed by atoms with Crippen molar-refractivity contribution in [1.29, 1.82) is 0 Å². The molecule has 0 aliphatic carbocycles. The molecule has 0 saturated heterocycles. The number of ketones is 1. The first-order valence-corrected chi connectivity index (χ1v) is 7.12. The van der Waals surface area contributed by atoms with E-state index in [2.05, 4.69) is 18.7 Å². The predicted octanol–water partition coefficient (Wildman–Crippen LogP) is 3.27. The molecule has 0 spiro atoms. The SMILES string of the molecule is CCN(CC)CCC(=O)c1cc(Cl)c(OC)cc1OC. The van der Waals surface area contributed by atoms with Crippen molar-refractivity contribution < 1.29 is 14.3 Å². The molecule has 0 aliphatic heterocycles. The molecule has 0 fully saturated rings. The Bertz CT molecular complexity index is 459. The third-order valence-corrected chi connectivity index (χ3v) is 3.62. The molecule has 0 heterocycles. The first-order chi connectivity index (χ1) is 9.57. The highest BCUT2D eigenvalue weighted by Crippen LogP contribution is 2.33. The van der Waals surface area contributed by atoms with Gasteiger partial charge >= 0.3 is 0 Å². The fourth-order valence-corrected chi connectivity index (χ4v) is 2.25. The van der Waals surface area contributed by atoms with Crippen molar-refractivity contribution in [3.63, 3.8) is 0 Å². The summed E-state index contributed by atoms with van der Waals surface area (Å²) in [4.78, 5) is 14.5. The molecule has 1 rings (SSSR count). The minimum absolute atomic E-state index is 0.0262. The second-order valence-electron chi connectivity index (χ2n) is 4.39. The number of nitrogens with zero attached hydrogens (tertiary/aromatic N) is 1. The van der Waals surface area contributed by atoms with Crippen molar-refractivity contribution in [1.82, 2.24) is 4.90 Å². The van der Waals surface area contributed by atoms with Crippen LogP contribution in [0.2, 0.25) is 5.02 Å². The molecule has 112 valence electrons. The first-order valence-electron chi connectivity index (χ1n) is 6.74. The van der Waals surface area contributed by atoms with Crippen molar-refractivity contribution >= 4 is 17.4 Å². The monoisotopic (exact) mass is 299 g/mol. The summed E-state index contributed by atoms with van der Waals surface area (Å²) in [5.41, 5.74) is 0.505. The third kappa shape index (κ3) is 4.12. The topological polar surface area (TPSA) is 38.8 Å². The molecule has 0 atom stereocenters. The van der Waals surface area contributed by atoms with E-state index in [0.717, 1.165) is 19.6 Å². The number of carbonyl (C=O) groups excluding carboxylic acids is 1. The normalized spacial score (nSPS) is 10.7. The Labute approximate surface area is 125 Å². The van der Waals surface area contributed by atoms with E-state index in [1.54, 1.807) is 12.1 Å². The molecule has 0 aliphatic rings. The fourth-order valence-electron chi connectivity index (χ4n) is 2.01. The lowest BCUT2D eigenvalue weighted by molar-refractivity contribution is 0.0963. The molecule has 1 aromatic rings. The van der Waals surface area contributed by atoms with Crippen molar-refractivity contribution in [2.24, 2.45) is 0 Å². The molecule has 0 radical (unpaired) electrons. The van der Waals surface area contributed by atoms with Crippen LogP contribution in [-0.4, -0.2) is 44.5 Å². The van der Waals surface area contributed by atoms with Crippen molar-refractivity contribution in [2.45, 2.75) is 20.3 Å². The maximum absolute atomic E-state index is 12.3. The summed E-state index contributed by atoms with van der Waals surface area (Å²) in [7, 11) is 3.06. The average molecular weight is 300 g/mol. The van der Waals surface area contributed by atoms with Crippen LogP contribution in [0.1, 0.15) is 30.6 Å². The summed E-state index contributed by atoms with van der Waals surface area (Å²) in [6.07, 6.45) is 0.445. The van der Waals surface area contributed by atoms with Gasteiger partial charge in [-0.1, -0.05) is 25.4 Å². The number of hydrogen-bond acceptors (Lipinski definition) is 4. The minimum atomic E-state index is 0.0262. The van der Waals surface area contributed by atoms with Crippen LogP contribution < -0.4 is 9.47 Å². The van der Waals surface area contributed by atoms with E-state index in [1.165, 1.54) is 14.2 Å². The van der Waals surface area contributed by atoms with Gasteiger partial charge in [0.2, 0.25) is 0 Å². The van der Waals surface area contributed by atoms with E-state index in [-0.39, 0.29) is 5.78 Å². The summed E-state index contributed by atoms with van der Waals surface area (Å²) in [5, 5.41) is 0.416. The second-order valence-corrected chi connectivity index (χ2v) is 4.79. The molecule has 0 bridgehead atoms. The van der Waals surface area contributed by atoms with E-state index in [9.17, 15) is 4.79 Å². The van der Waals surface area contributed by atoms with E-state index in [4.69, 9.17) is 21.1 Å². The zero-order chi connectivity index (χ0) is 15.1. The molecule has 4 nitrogen and oxygen atoms in total. The second kappa shape index (κ2) is 8.12. The van der Waals surface area contributed by atoms with Crippen LogP contribution >= 0.6 is 11.6 Å². The van der Waals surface area contributed by atoms with Gasteiger partial charge in [-0.15, -0.1) is 0 Å². The Balaban J connectivity index is 2.89. The Morgan fingerprint density at radius 2 is 1.75 bits per heavy atom. The maximum Gasteiger partial charge on any atom is 0.167 e. The zero-order valence-electron chi connectivity index (χ0n) is 12.5. The molecule has 0 N–H and O–H groups in total. The van der Waals surface area contributed by atoms with Crippen molar-refractivity contribution in [2.75, 3.05) is 33.9 Å². The standard InChI is InChI=1S/C15H22ClNO3/c1-5-17(6-2)8-7-13(18)11-9-12(16)15(20-4)10-14(11)19-3/h9-10H,5-8H2,1-4H3. The molecule has 20 heavy (non-hydrogen) atoms. The van der Waals surface area contributed by atoms with E-state index in [0.29, 0.717) is 28.5 Å². The van der Waals surface area contributed by atoms with E-state index < -0.39 is 0 Å². The lowest BCUT2D eigenvalue weighted by atomic mass is 10.1. The highest BCUT2D eigenvalue weighted by Gasteiger charge is 2.16. The van der Waals surface area contributed by atoms with E-state index >= 15 is 0 Å². The number of hydrogen-bond donors (Lipinski definition) is 0. The predicted molar refractivity (Wildman–Crippen MR) is 81.3 cm³/mol. The number of halogens is 1. The molecule has 0 unspecified atom stereocenters. The zero-order valence-corrected chi connectivity index (χ0v) is 13.3. The number of rotatable bonds is 8. The number of carbonyl (C=O) groups is 1. The molecular formula is C15H22ClNO3. The molecule has 0 aromatic heterocycles. The Kier molecular flexibility index (Phi) is 6.82. The number of methoxy groups -OCH3 is 2. The van der Waals surface area contributed by atoms with Gasteiger partial charge in [-0.3, -0.25) is 4.79 Å².